The molecule has 1 saturated heterocycles. The van der Waals surface area contributed by atoms with Crippen LogP contribution in [0.25, 0.3) is 5.65 Å². The highest BCUT2D eigenvalue weighted by atomic mass is 32.2. The van der Waals surface area contributed by atoms with Crippen molar-refractivity contribution < 1.29 is 22.7 Å². The van der Waals surface area contributed by atoms with Gasteiger partial charge in [-0.3, -0.25) is 0 Å². The molecule has 1 aliphatic heterocycles. The predicted molar refractivity (Wildman–Crippen MR) is 125 cm³/mol. The number of fused-ring (bicyclic) bond motifs is 1. The number of rotatable bonds is 8. The topological polar surface area (TPSA) is 90.0 Å². The van der Waals surface area contributed by atoms with Crippen molar-refractivity contribution in [2.45, 2.75) is 52.3 Å². The SMILES string of the molecule is CCOc1ccccc1COc1ccc2nc(C[N+](=O)C3(C)CCS(=O)(=O)CC3)c(C)n2c1. The van der Waals surface area contributed by atoms with Gasteiger partial charge in [-0.25, -0.2) is 13.4 Å². The first kappa shape index (κ1) is 23.2. The monoisotopic (exact) mass is 472 g/mol. The van der Waals surface area contributed by atoms with E-state index in [2.05, 4.69) is 4.98 Å². The van der Waals surface area contributed by atoms with Crippen molar-refractivity contribution in [2.75, 3.05) is 18.1 Å². The average Bonchev–Trinajstić information content (AvgIpc) is 3.10. The fourth-order valence-electron chi connectivity index (χ4n) is 4.06. The fourth-order valence-corrected chi connectivity index (χ4v) is 5.77. The van der Waals surface area contributed by atoms with E-state index in [9.17, 15) is 13.3 Å². The lowest BCUT2D eigenvalue weighted by atomic mass is 9.94. The molecule has 2 aromatic heterocycles. The normalized spacial score (nSPS) is 17.1. The summed E-state index contributed by atoms with van der Waals surface area (Å²) in [4.78, 5) is 17.6. The zero-order chi connectivity index (χ0) is 23.6. The molecule has 0 saturated carbocycles. The molecule has 176 valence electrons. The Balaban J connectivity index is 1.49. The van der Waals surface area contributed by atoms with Crippen molar-refractivity contribution in [3.63, 3.8) is 0 Å². The van der Waals surface area contributed by atoms with E-state index < -0.39 is 15.4 Å². The number of ether oxygens (including phenoxy) is 2. The highest BCUT2D eigenvalue weighted by Crippen LogP contribution is 2.29. The molecule has 0 aliphatic carbocycles. The number of aryl methyl sites for hydroxylation is 1. The van der Waals surface area contributed by atoms with Gasteiger partial charge in [0, 0.05) is 40.7 Å². The quantitative estimate of drug-likeness (QED) is 0.463. The van der Waals surface area contributed by atoms with Crippen molar-refractivity contribution in [1.29, 1.82) is 0 Å². The lowest BCUT2D eigenvalue weighted by Crippen LogP contribution is -2.45. The van der Waals surface area contributed by atoms with Gasteiger partial charge in [0.05, 0.1) is 24.3 Å². The summed E-state index contributed by atoms with van der Waals surface area (Å²) in [5.41, 5.74) is 2.54. The predicted octanol–water partition coefficient (Wildman–Crippen LogP) is 3.87. The number of hydrogen-bond acceptors (Lipinski definition) is 6. The second-order valence-corrected chi connectivity index (χ2v) is 11.1. The Morgan fingerprint density at radius 1 is 1.12 bits per heavy atom. The Bertz CT molecular complexity index is 1270. The molecule has 8 nitrogen and oxygen atoms in total. The summed E-state index contributed by atoms with van der Waals surface area (Å²) < 4.78 is 38.1. The molecule has 33 heavy (non-hydrogen) atoms. The van der Waals surface area contributed by atoms with Crippen LogP contribution in [0, 0.1) is 11.8 Å². The third kappa shape index (κ3) is 5.03. The molecule has 0 bridgehead atoms. The Morgan fingerprint density at radius 3 is 2.58 bits per heavy atom. The Hall–Kier alpha value is -2.94. The van der Waals surface area contributed by atoms with Crippen LogP contribution in [0.5, 0.6) is 11.5 Å². The minimum atomic E-state index is -3.03. The molecule has 1 aromatic carbocycles. The summed E-state index contributed by atoms with van der Waals surface area (Å²) in [6.07, 6.45) is 2.55. The molecule has 0 radical (unpaired) electrons. The highest BCUT2D eigenvalue weighted by molar-refractivity contribution is 7.91. The zero-order valence-electron chi connectivity index (χ0n) is 19.3. The molecule has 3 aromatic rings. The summed E-state index contributed by atoms with van der Waals surface area (Å²) in [6.45, 7) is 6.78. The van der Waals surface area contributed by atoms with Gasteiger partial charge in [0.1, 0.15) is 29.4 Å². The van der Waals surface area contributed by atoms with Crippen molar-refractivity contribution in [3.8, 4) is 11.5 Å². The number of para-hydroxylation sites is 1. The third-order valence-corrected chi connectivity index (χ3v) is 8.05. The average molecular weight is 473 g/mol. The van der Waals surface area contributed by atoms with Gasteiger partial charge in [-0.2, -0.15) is 0 Å². The van der Waals surface area contributed by atoms with E-state index in [-0.39, 0.29) is 18.1 Å². The maximum absolute atomic E-state index is 13.0. The van der Waals surface area contributed by atoms with Crippen LogP contribution >= 0.6 is 0 Å². The van der Waals surface area contributed by atoms with Crippen LogP contribution < -0.4 is 9.47 Å². The van der Waals surface area contributed by atoms with E-state index in [1.807, 2.05) is 67.8 Å². The number of nitrogens with zero attached hydrogens (tertiary/aromatic N) is 3. The minimum Gasteiger partial charge on any atom is -0.493 e. The van der Waals surface area contributed by atoms with Crippen LogP contribution in [0.4, 0.5) is 0 Å². The standard InChI is InChI=1S/C24H30N3O5S/c1-4-31-22-8-6-5-7-19(22)17-32-20-9-10-23-25-21(18(2)26(23)15-20)16-27(28)24(3)11-13-33(29,30)14-12-24/h5-10,15H,4,11-14,16-17H2,1-3H3/q+1. The smallest absolute Gasteiger partial charge is 0.236 e. The summed E-state index contributed by atoms with van der Waals surface area (Å²) >= 11 is 0. The summed E-state index contributed by atoms with van der Waals surface area (Å²) in [7, 11) is -3.03. The second-order valence-electron chi connectivity index (χ2n) is 8.75. The minimum absolute atomic E-state index is 0.0551. The molecule has 1 aliphatic rings. The first-order valence-electron chi connectivity index (χ1n) is 11.2. The first-order valence-corrected chi connectivity index (χ1v) is 13.0. The zero-order valence-corrected chi connectivity index (χ0v) is 20.1. The number of imidazole rings is 1. The largest absolute Gasteiger partial charge is 0.493 e. The summed E-state index contributed by atoms with van der Waals surface area (Å²) in [5.74, 6) is 1.60. The van der Waals surface area contributed by atoms with Crippen molar-refractivity contribution in [1.82, 2.24) is 9.38 Å². The second kappa shape index (κ2) is 9.13. The summed E-state index contributed by atoms with van der Waals surface area (Å²) in [5, 5.41) is 0. The first-order chi connectivity index (χ1) is 15.7. The van der Waals surface area contributed by atoms with E-state index in [1.54, 1.807) is 0 Å². The third-order valence-electron chi connectivity index (χ3n) is 6.39. The lowest BCUT2D eigenvalue weighted by molar-refractivity contribution is -0.640. The Labute approximate surface area is 194 Å². The van der Waals surface area contributed by atoms with E-state index >= 15 is 0 Å². The number of aromatic nitrogens is 2. The van der Waals surface area contributed by atoms with Gasteiger partial charge in [-0.1, -0.05) is 18.2 Å². The van der Waals surface area contributed by atoms with Gasteiger partial charge in [0.15, 0.2) is 9.84 Å². The van der Waals surface area contributed by atoms with E-state index in [0.717, 1.165) is 27.4 Å². The van der Waals surface area contributed by atoms with Gasteiger partial charge < -0.3 is 13.9 Å². The molecule has 3 heterocycles. The van der Waals surface area contributed by atoms with Crippen LogP contribution in [0.1, 0.15) is 43.6 Å². The van der Waals surface area contributed by atoms with Gasteiger partial charge >= 0.3 is 0 Å². The number of sulfone groups is 1. The van der Waals surface area contributed by atoms with Crippen molar-refractivity contribution in [3.05, 3.63) is 64.5 Å². The maximum atomic E-state index is 13.0. The van der Waals surface area contributed by atoms with Crippen LogP contribution in [-0.2, 0) is 23.0 Å². The molecule has 9 heteroatoms. The lowest BCUT2D eigenvalue weighted by Gasteiger charge is -2.25. The van der Waals surface area contributed by atoms with Gasteiger partial charge in [-0.05, 0) is 32.0 Å². The van der Waals surface area contributed by atoms with Crippen LogP contribution in [0.3, 0.4) is 0 Å². The number of pyridine rings is 1. The Morgan fingerprint density at radius 2 is 1.85 bits per heavy atom. The van der Waals surface area contributed by atoms with Gasteiger partial charge in [0.2, 0.25) is 12.1 Å². The van der Waals surface area contributed by atoms with Crippen molar-refractivity contribution >= 4 is 15.5 Å². The van der Waals surface area contributed by atoms with Crippen LogP contribution in [0.2, 0.25) is 0 Å². The van der Waals surface area contributed by atoms with E-state index in [4.69, 9.17) is 9.47 Å². The molecule has 0 atom stereocenters. The number of hydrogen-bond donors (Lipinski definition) is 0. The number of nitroso groups, excluding NO2 is 1. The van der Waals surface area contributed by atoms with Gasteiger partial charge in [0.25, 0.3) is 0 Å². The molecule has 0 amide bonds. The molecular formula is C24H30N3O5S+. The van der Waals surface area contributed by atoms with E-state index in [1.165, 1.54) is 0 Å². The molecule has 0 N–H and O–H groups in total. The molecular weight excluding hydrogens is 442 g/mol. The van der Waals surface area contributed by atoms with E-state index in [0.29, 0.717) is 37.5 Å². The highest BCUT2D eigenvalue weighted by Gasteiger charge is 2.45. The molecule has 4 rings (SSSR count). The fraction of sp³-hybridized carbons (Fsp3) is 0.458. The van der Waals surface area contributed by atoms with Crippen LogP contribution in [0.15, 0.2) is 42.6 Å². The van der Waals surface area contributed by atoms with Crippen molar-refractivity contribution in [2.24, 2.45) is 0 Å². The Kier molecular flexibility index (Phi) is 6.43. The van der Waals surface area contributed by atoms with Crippen LogP contribution in [-0.4, -0.2) is 46.2 Å². The molecule has 0 spiro atoms. The number of benzene rings is 1. The maximum Gasteiger partial charge on any atom is 0.236 e. The molecule has 0 unspecified atom stereocenters. The summed E-state index contributed by atoms with van der Waals surface area (Å²) in [6, 6.07) is 11.5. The molecule has 1 fully saturated rings. The van der Waals surface area contributed by atoms with Gasteiger partial charge in [-0.15, -0.1) is 0 Å².